The zero-order valence-electron chi connectivity index (χ0n) is 18.0. The van der Waals surface area contributed by atoms with Gasteiger partial charge in [-0.05, 0) is 31.5 Å². The molecule has 3 N–H and O–H groups in total. The molecular weight excluding hydrogens is 392 g/mol. The molecule has 31 heavy (non-hydrogen) atoms. The number of rotatable bonds is 10. The average Bonchev–Trinajstić information content (AvgIpc) is 3.29. The van der Waals surface area contributed by atoms with Crippen LogP contribution < -0.4 is 10.6 Å². The van der Waals surface area contributed by atoms with E-state index in [9.17, 15) is 5.11 Å². The van der Waals surface area contributed by atoms with E-state index in [1.54, 1.807) is 6.26 Å². The minimum absolute atomic E-state index is 0.0799. The fourth-order valence-electron chi connectivity index (χ4n) is 2.94. The fourth-order valence-corrected chi connectivity index (χ4v) is 2.94. The van der Waals surface area contributed by atoms with Crippen LogP contribution in [0, 0.1) is 0 Å². The maximum absolute atomic E-state index is 10.3. The molecule has 1 heterocycles. The highest BCUT2D eigenvalue weighted by molar-refractivity contribution is 5.79. The third kappa shape index (κ3) is 7.24. The second kappa shape index (κ2) is 11.9. The molecule has 2 atom stereocenters. The molecule has 0 amide bonds. The molecule has 0 bridgehead atoms. The summed E-state index contributed by atoms with van der Waals surface area (Å²) < 4.78 is 11.3. The third-order valence-corrected chi connectivity index (χ3v) is 4.63. The molecule has 0 aliphatic carbocycles. The van der Waals surface area contributed by atoms with Gasteiger partial charge >= 0.3 is 0 Å². The molecule has 2 unspecified atom stereocenters. The van der Waals surface area contributed by atoms with E-state index in [0.29, 0.717) is 31.5 Å². The van der Waals surface area contributed by atoms with Gasteiger partial charge in [-0.1, -0.05) is 48.5 Å². The molecule has 0 aliphatic rings. The van der Waals surface area contributed by atoms with Gasteiger partial charge in [0, 0.05) is 18.7 Å². The summed E-state index contributed by atoms with van der Waals surface area (Å²) in [6.07, 6.45) is 0.874. The summed E-state index contributed by atoms with van der Waals surface area (Å²) in [5.74, 6) is 1.17. The zero-order chi connectivity index (χ0) is 21.9. The van der Waals surface area contributed by atoms with E-state index in [-0.39, 0.29) is 12.7 Å². The van der Waals surface area contributed by atoms with Gasteiger partial charge in [0.25, 0.3) is 0 Å². The van der Waals surface area contributed by atoms with E-state index in [0.717, 1.165) is 16.8 Å². The largest absolute Gasteiger partial charge is 0.444 e. The molecule has 3 aromatic rings. The lowest BCUT2D eigenvalue weighted by atomic mass is 10.1. The molecule has 2 aromatic carbocycles. The van der Waals surface area contributed by atoms with E-state index in [4.69, 9.17) is 9.15 Å². The number of nitrogens with one attached hydrogen (secondary N) is 2. The second-order valence-corrected chi connectivity index (χ2v) is 7.13. The molecule has 164 valence electrons. The molecule has 0 spiro atoms. The number of hydrogen-bond acceptors (Lipinski definition) is 5. The SMILES string of the molecule is CCNC(=NCc1coc(-c2ccccc2)n1)NCC(O)COC(C)c1ccccc1. The Kier molecular flexibility index (Phi) is 8.63. The minimum Gasteiger partial charge on any atom is -0.444 e. The smallest absolute Gasteiger partial charge is 0.226 e. The number of aliphatic hydroxyl groups is 1. The topological polar surface area (TPSA) is 91.9 Å². The lowest BCUT2D eigenvalue weighted by molar-refractivity contribution is -0.000599. The highest BCUT2D eigenvalue weighted by atomic mass is 16.5. The Morgan fingerprint density at radius 1 is 1.10 bits per heavy atom. The van der Waals surface area contributed by atoms with Crippen LogP contribution in [0.5, 0.6) is 0 Å². The Bertz CT molecular complexity index is 928. The normalized spacial score (nSPS) is 13.6. The van der Waals surface area contributed by atoms with Gasteiger partial charge in [-0.3, -0.25) is 0 Å². The summed E-state index contributed by atoms with van der Waals surface area (Å²) in [4.78, 5) is 9.01. The van der Waals surface area contributed by atoms with Crippen LogP contribution in [-0.2, 0) is 11.3 Å². The van der Waals surface area contributed by atoms with Gasteiger partial charge in [0.1, 0.15) is 12.0 Å². The Balaban J connectivity index is 1.47. The van der Waals surface area contributed by atoms with Crippen LogP contribution in [0.15, 0.2) is 76.3 Å². The van der Waals surface area contributed by atoms with Gasteiger partial charge < -0.3 is 24.9 Å². The first-order chi connectivity index (χ1) is 15.2. The predicted molar refractivity (Wildman–Crippen MR) is 122 cm³/mol. The maximum Gasteiger partial charge on any atom is 0.226 e. The van der Waals surface area contributed by atoms with Gasteiger partial charge in [-0.15, -0.1) is 0 Å². The van der Waals surface area contributed by atoms with Gasteiger partial charge in [0.15, 0.2) is 5.96 Å². The molecular formula is C24H30N4O3. The van der Waals surface area contributed by atoms with Crippen LogP contribution >= 0.6 is 0 Å². The van der Waals surface area contributed by atoms with Crippen LogP contribution in [0.3, 0.4) is 0 Å². The van der Waals surface area contributed by atoms with Crippen molar-refractivity contribution in [3.63, 3.8) is 0 Å². The molecule has 0 fully saturated rings. The van der Waals surface area contributed by atoms with Crippen molar-refractivity contribution in [1.29, 1.82) is 0 Å². The molecule has 7 heteroatoms. The molecule has 0 aliphatic heterocycles. The Hall–Kier alpha value is -3.16. The lowest BCUT2D eigenvalue weighted by Crippen LogP contribution is -2.42. The zero-order valence-corrected chi connectivity index (χ0v) is 18.0. The quantitative estimate of drug-likeness (QED) is 0.342. The maximum atomic E-state index is 10.3. The number of hydrogen-bond donors (Lipinski definition) is 3. The van der Waals surface area contributed by atoms with E-state index in [2.05, 4.69) is 20.6 Å². The Labute approximate surface area is 183 Å². The number of aromatic nitrogens is 1. The van der Waals surface area contributed by atoms with Crippen molar-refractivity contribution < 1.29 is 14.3 Å². The molecule has 1 aromatic heterocycles. The van der Waals surface area contributed by atoms with Crippen molar-refractivity contribution in [3.8, 4) is 11.5 Å². The first-order valence-corrected chi connectivity index (χ1v) is 10.5. The fraction of sp³-hybridized carbons (Fsp3) is 0.333. The van der Waals surface area contributed by atoms with E-state index < -0.39 is 6.10 Å². The van der Waals surface area contributed by atoms with Gasteiger partial charge in [0.05, 0.1) is 25.4 Å². The summed E-state index contributed by atoms with van der Waals surface area (Å²) in [7, 11) is 0. The van der Waals surface area contributed by atoms with Crippen molar-refractivity contribution in [1.82, 2.24) is 15.6 Å². The third-order valence-electron chi connectivity index (χ3n) is 4.63. The van der Waals surface area contributed by atoms with Crippen LogP contribution in [0.2, 0.25) is 0 Å². The highest BCUT2D eigenvalue weighted by Crippen LogP contribution is 2.18. The molecule has 3 rings (SSSR count). The van der Waals surface area contributed by atoms with Gasteiger partial charge in [-0.2, -0.15) is 0 Å². The summed E-state index contributed by atoms with van der Waals surface area (Å²) in [6, 6.07) is 19.7. The van der Waals surface area contributed by atoms with Crippen molar-refractivity contribution in [2.75, 3.05) is 19.7 Å². The monoisotopic (exact) mass is 422 g/mol. The Morgan fingerprint density at radius 3 is 2.52 bits per heavy atom. The molecule has 7 nitrogen and oxygen atoms in total. The van der Waals surface area contributed by atoms with Crippen LogP contribution in [0.25, 0.3) is 11.5 Å². The lowest BCUT2D eigenvalue weighted by Gasteiger charge is -2.18. The van der Waals surface area contributed by atoms with Crippen molar-refractivity contribution >= 4 is 5.96 Å². The van der Waals surface area contributed by atoms with Crippen molar-refractivity contribution in [2.24, 2.45) is 4.99 Å². The van der Waals surface area contributed by atoms with Gasteiger partial charge in [-0.25, -0.2) is 9.98 Å². The summed E-state index contributed by atoms with van der Waals surface area (Å²) in [5, 5.41) is 16.6. The Morgan fingerprint density at radius 2 is 1.81 bits per heavy atom. The number of nitrogens with zero attached hydrogens (tertiary/aromatic N) is 2. The minimum atomic E-state index is -0.660. The van der Waals surface area contributed by atoms with E-state index in [1.165, 1.54) is 0 Å². The average molecular weight is 423 g/mol. The van der Waals surface area contributed by atoms with Gasteiger partial charge in [0.2, 0.25) is 5.89 Å². The first kappa shape index (κ1) is 22.5. The number of aliphatic imine (C=N–C) groups is 1. The van der Waals surface area contributed by atoms with Crippen LogP contribution in [0.4, 0.5) is 0 Å². The number of benzene rings is 2. The highest BCUT2D eigenvalue weighted by Gasteiger charge is 2.11. The van der Waals surface area contributed by atoms with Crippen molar-refractivity contribution in [3.05, 3.63) is 78.2 Å². The molecule has 0 radical (unpaired) electrons. The summed E-state index contributed by atoms with van der Waals surface area (Å²) >= 11 is 0. The van der Waals surface area contributed by atoms with E-state index in [1.807, 2.05) is 74.5 Å². The number of oxazole rings is 1. The molecule has 0 saturated carbocycles. The number of guanidine groups is 1. The standard InChI is InChI=1S/C24H30N4O3/c1-3-25-24(26-14-21-16-31-23(28-21)20-12-8-5-9-13-20)27-15-22(29)17-30-18(2)19-10-6-4-7-11-19/h4-13,16,18,22,29H,3,14-15,17H2,1-2H3,(H2,25,26,27). The predicted octanol–water partition coefficient (Wildman–Crippen LogP) is 3.54. The summed E-state index contributed by atoms with van der Waals surface area (Å²) in [6.45, 7) is 5.58. The first-order valence-electron chi connectivity index (χ1n) is 10.5. The van der Waals surface area contributed by atoms with Crippen molar-refractivity contribution in [2.45, 2.75) is 32.6 Å². The second-order valence-electron chi connectivity index (χ2n) is 7.13. The van der Waals surface area contributed by atoms with Crippen LogP contribution in [-0.4, -0.2) is 41.9 Å². The summed E-state index contributed by atoms with van der Waals surface area (Å²) in [5.41, 5.74) is 2.74. The number of aliphatic hydroxyl groups excluding tert-OH is 1. The van der Waals surface area contributed by atoms with Crippen LogP contribution in [0.1, 0.15) is 31.2 Å². The number of ether oxygens (including phenoxy) is 1. The van der Waals surface area contributed by atoms with E-state index >= 15 is 0 Å². The molecule has 0 saturated heterocycles.